The molecule has 26 heavy (non-hydrogen) atoms. The van der Waals surface area contributed by atoms with Crippen LogP contribution < -0.4 is 10.1 Å². The van der Waals surface area contributed by atoms with Crippen molar-refractivity contribution in [2.75, 3.05) is 6.54 Å². The van der Waals surface area contributed by atoms with Crippen molar-refractivity contribution in [3.63, 3.8) is 0 Å². The van der Waals surface area contributed by atoms with E-state index in [1.165, 1.54) is 0 Å². The number of hydrogen-bond donors (Lipinski definition) is 1. The summed E-state index contributed by atoms with van der Waals surface area (Å²) in [7, 11) is 0. The largest absolute Gasteiger partial charge is 0.455 e. The van der Waals surface area contributed by atoms with Crippen molar-refractivity contribution in [2.45, 2.75) is 38.7 Å². The van der Waals surface area contributed by atoms with E-state index in [4.69, 9.17) is 9.47 Å². The highest BCUT2D eigenvalue weighted by Crippen LogP contribution is 2.38. The minimum absolute atomic E-state index is 0.0815. The van der Waals surface area contributed by atoms with E-state index < -0.39 is 11.7 Å². The number of alkyl carbamates (subject to hydrolysis) is 1. The van der Waals surface area contributed by atoms with Gasteiger partial charge in [0.2, 0.25) is 0 Å². The first-order chi connectivity index (χ1) is 12.4. The number of rotatable bonds is 2. The van der Waals surface area contributed by atoms with Gasteiger partial charge in [-0.3, -0.25) is 4.98 Å². The highest BCUT2D eigenvalue weighted by atomic mass is 16.6. The minimum atomic E-state index is -0.559. The van der Waals surface area contributed by atoms with Crippen LogP contribution in [-0.2, 0) is 11.2 Å². The molecule has 2 aromatic rings. The van der Waals surface area contributed by atoms with Gasteiger partial charge in [0.15, 0.2) is 0 Å². The molecule has 134 valence electrons. The molecule has 1 aromatic carbocycles. The van der Waals surface area contributed by atoms with Gasteiger partial charge in [0.1, 0.15) is 17.1 Å². The summed E-state index contributed by atoms with van der Waals surface area (Å²) in [6.45, 7) is 5.82. The quantitative estimate of drug-likeness (QED) is 0.887. The lowest BCUT2D eigenvalue weighted by Gasteiger charge is -2.22. The van der Waals surface area contributed by atoms with Crippen molar-refractivity contribution in [1.82, 2.24) is 10.3 Å². The van der Waals surface area contributed by atoms with Crippen LogP contribution in [0.3, 0.4) is 0 Å². The maximum absolute atomic E-state index is 12.0. The fraction of sp³-hybridized carbons (Fsp3) is 0.350. The van der Waals surface area contributed by atoms with E-state index in [2.05, 4.69) is 16.4 Å². The molecular weight excluding hydrogens is 330 g/mol. The Bertz CT molecular complexity index is 865. The third-order valence-electron chi connectivity index (χ3n) is 3.98. The predicted octanol–water partition coefficient (Wildman–Crippen LogP) is 3.91. The van der Waals surface area contributed by atoms with E-state index in [1.54, 1.807) is 18.3 Å². The number of nitrogens with one attached hydrogen (secondary N) is 1. The number of nitrogens with zero attached hydrogens (tertiary/aromatic N) is 2. The van der Waals surface area contributed by atoms with Crippen LogP contribution in [0.25, 0.3) is 0 Å². The summed E-state index contributed by atoms with van der Waals surface area (Å²) in [4.78, 5) is 16.4. The molecule has 0 radical (unpaired) electrons. The molecule has 6 nitrogen and oxygen atoms in total. The minimum Gasteiger partial charge on any atom is -0.455 e. The molecular formula is C20H21N3O3. The van der Waals surface area contributed by atoms with E-state index in [-0.39, 0.29) is 5.92 Å². The molecule has 2 heterocycles. The van der Waals surface area contributed by atoms with Crippen molar-refractivity contribution >= 4 is 6.09 Å². The SMILES string of the molecule is CC(C)(C)OC(=O)NC[C@H]1Cc2ncccc2Oc2ccc(C#N)cc21. The van der Waals surface area contributed by atoms with Crippen LogP contribution in [-0.4, -0.2) is 23.2 Å². The van der Waals surface area contributed by atoms with Crippen molar-refractivity contribution in [2.24, 2.45) is 0 Å². The second-order valence-electron chi connectivity index (χ2n) is 7.20. The summed E-state index contributed by atoms with van der Waals surface area (Å²) in [6, 6.07) is 11.2. The van der Waals surface area contributed by atoms with Gasteiger partial charge < -0.3 is 14.8 Å². The summed E-state index contributed by atoms with van der Waals surface area (Å²) in [5.74, 6) is 1.28. The lowest BCUT2D eigenvalue weighted by atomic mass is 9.92. The fourth-order valence-electron chi connectivity index (χ4n) is 2.86. The molecule has 0 unspecified atom stereocenters. The predicted molar refractivity (Wildman–Crippen MR) is 96.1 cm³/mol. The average molecular weight is 351 g/mol. The van der Waals surface area contributed by atoms with E-state index >= 15 is 0 Å². The fourth-order valence-corrected chi connectivity index (χ4v) is 2.86. The Morgan fingerprint density at radius 3 is 2.92 bits per heavy atom. The second-order valence-corrected chi connectivity index (χ2v) is 7.20. The molecule has 1 aliphatic rings. The van der Waals surface area contributed by atoms with Gasteiger partial charge in [0.25, 0.3) is 0 Å². The smallest absolute Gasteiger partial charge is 0.407 e. The molecule has 0 saturated heterocycles. The van der Waals surface area contributed by atoms with Crippen molar-refractivity contribution in [3.8, 4) is 17.6 Å². The zero-order valence-corrected chi connectivity index (χ0v) is 15.1. The third kappa shape index (κ3) is 4.12. The van der Waals surface area contributed by atoms with E-state index in [0.717, 1.165) is 11.3 Å². The van der Waals surface area contributed by atoms with Crippen LogP contribution in [0.1, 0.15) is 43.5 Å². The van der Waals surface area contributed by atoms with Gasteiger partial charge in [-0.2, -0.15) is 5.26 Å². The molecule has 3 rings (SSSR count). The first kappa shape index (κ1) is 17.7. The highest BCUT2D eigenvalue weighted by Gasteiger charge is 2.26. The Morgan fingerprint density at radius 2 is 2.19 bits per heavy atom. The molecule has 0 fully saturated rings. The Balaban J connectivity index is 1.88. The van der Waals surface area contributed by atoms with Crippen LogP contribution in [0.15, 0.2) is 36.5 Å². The van der Waals surface area contributed by atoms with Crippen LogP contribution in [0.5, 0.6) is 11.5 Å². The molecule has 1 amide bonds. The molecule has 0 aliphatic carbocycles. The van der Waals surface area contributed by atoms with Crippen molar-refractivity contribution in [1.29, 1.82) is 5.26 Å². The average Bonchev–Trinajstić information content (AvgIpc) is 2.74. The summed E-state index contributed by atoms with van der Waals surface area (Å²) < 4.78 is 11.3. The number of carbonyl (C=O) groups is 1. The Kier molecular flexibility index (Phi) is 4.81. The van der Waals surface area contributed by atoms with Crippen molar-refractivity contribution in [3.05, 3.63) is 53.3 Å². The van der Waals surface area contributed by atoms with E-state index in [1.807, 2.05) is 39.0 Å². The van der Waals surface area contributed by atoms with Crippen LogP contribution in [0.2, 0.25) is 0 Å². The molecule has 0 saturated carbocycles. The number of carbonyl (C=O) groups excluding carboxylic acids is 1. The summed E-state index contributed by atoms with van der Waals surface area (Å²) in [5, 5.41) is 12.0. The Labute approximate surface area is 152 Å². The zero-order chi connectivity index (χ0) is 18.7. The molecule has 1 aliphatic heterocycles. The maximum Gasteiger partial charge on any atom is 0.407 e. The zero-order valence-electron chi connectivity index (χ0n) is 15.1. The number of fused-ring (bicyclic) bond motifs is 2. The molecule has 1 aromatic heterocycles. The topological polar surface area (TPSA) is 84.2 Å². The van der Waals surface area contributed by atoms with Crippen LogP contribution in [0.4, 0.5) is 4.79 Å². The molecule has 1 N–H and O–H groups in total. The molecule has 1 atom stereocenters. The van der Waals surface area contributed by atoms with Gasteiger partial charge >= 0.3 is 6.09 Å². The van der Waals surface area contributed by atoms with Crippen LogP contribution >= 0.6 is 0 Å². The molecule has 0 spiro atoms. The van der Waals surface area contributed by atoms with Gasteiger partial charge in [0, 0.05) is 30.6 Å². The third-order valence-corrected chi connectivity index (χ3v) is 3.98. The second kappa shape index (κ2) is 7.04. The normalized spacial score (nSPS) is 15.5. The molecule has 6 heteroatoms. The number of amides is 1. The lowest BCUT2D eigenvalue weighted by Crippen LogP contribution is -2.35. The maximum atomic E-state index is 12.0. The highest BCUT2D eigenvalue weighted by molar-refractivity contribution is 5.67. The first-order valence-corrected chi connectivity index (χ1v) is 8.48. The summed E-state index contributed by atoms with van der Waals surface area (Å²) in [6.07, 6.45) is 1.84. The number of hydrogen-bond acceptors (Lipinski definition) is 5. The monoisotopic (exact) mass is 351 g/mol. The van der Waals surface area contributed by atoms with Gasteiger partial charge in [-0.05, 0) is 51.1 Å². The van der Waals surface area contributed by atoms with Gasteiger partial charge in [-0.1, -0.05) is 0 Å². The van der Waals surface area contributed by atoms with Gasteiger partial charge in [-0.25, -0.2) is 4.79 Å². The number of ether oxygens (including phenoxy) is 2. The summed E-state index contributed by atoms with van der Waals surface area (Å²) in [5.41, 5.74) is 1.68. The van der Waals surface area contributed by atoms with E-state index in [9.17, 15) is 10.1 Å². The number of benzene rings is 1. The number of nitriles is 1. The Hall–Kier alpha value is -3.07. The molecule has 0 bridgehead atoms. The standard InChI is InChI=1S/C20H21N3O3/c1-20(2,3)26-19(24)23-12-14-10-16-18(5-4-8-22-16)25-17-7-6-13(11-21)9-15(14)17/h4-9,14H,10,12H2,1-3H3,(H,23,24)/t14-/m1/s1. The van der Waals surface area contributed by atoms with Crippen molar-refractivity contribution < 1.29 is 14.3 Å². The number of pyridine rings is 1. The Morgan fingerprint density at radius 1 is 1.38 bits per heavy atom. The van der Waals surface area contributed by atoms with E-state index in [0.29, 0.717) is 30.0 Å². The lowest BCUT2D eigenvalue weighted by molar-refractivity contribution is 0.0524. The number of aromatic nitrogens is 1. The van der Waals surface area contributed by atoms with Crippen LogP contribution in [0, 0.1) is 11.3 Å². The first-order valence-electron chi connectivity index (χ1n) is 8.48. The van der Waals surface area contributed by atoms with Gasteiger partial charge in [-0.15, -0.1) is 0 Å². The van der Waals surface area contributed by atoms with Gasteiger partial charge in [0.05, 0.1) is 17.3 Å². The summed E-state index contributed by atoms with van der Waals surface area (Å²) >= 11 is 0.